The molecule has 0 aromatic heterocycles. The highest BCUT2D eigenvalue weighted by atomic mass is 16.2. The lowest BCUT2D eigenvalue weighted by Crippen LogP contribution is -2.44. The van der Waals surface area contributed by atoms with Crippen LogP contribution in [0.25, 0.3) is 0 Å². The van der Waals surface area contributed by atoms with Crippen LogP contribution in [0.5, 0.6) is 0 Å². The quantitative estimate of drug-likeness (QED) is 0.750. The Bertz CT molecular complexity index is 359. The van der Waals surface area contributed by atoms with Gasteiger partial charge in [-0.2, -0.15) is 0 Å². The number of nitrogens with zero attached hydrogens (tertiary/aromatic N) is 3. The van der Waals surface area contributed by atoms with E-state index in [4.69, 9.17) is 0 Å². The predicted octanol–water partition coefficient (Wildman–Crippen LogP) is 1.68. The molecule has 1 heterocycles. The monoisotopic (exact) mass is 311 g/mol. The Morgan fingerprint density at radius 3 is 2.05 bits per heavy atom. The van der Waals surface area contributed by atoms with E-state index < -0.39 is 0 Å². The average molecular weight is 311 g/mol. The molecule has 5 heteroatoms. The van der Waals surface area contributed by atoms with Crippen LogP contribution >= 0.6 is 0 Å². The normalized spacial score (nSPS) is 17.0. The highest BCUT2D eigenvalue weighted by Crippen LogP contribution is 2.08. The number of hydrogen-bond acceptors (Lipinski definition) is 3. The van der Waals surface area contributed by atoms with Gasteiger partial charge in [-0.25, -0.2) is 0 Å². The van der Waals surface area contributed by atoms with Crippen molar-refractivity contribution in [2.24, 2.45) is 11.8 Å². The van der Waals surface area contributed by atoms with Crippen LogP contribution in [-0.4, -0.2) is 72.3 Å². The fraction of sp³-hybridized carbons (Fsp3) is 0.882. The minimum atomic E-state index is 0.134. The molecular weight excluding hydrogens is 278 g/mol. The Morgan fingerprint density at radius 2 is 1.55 bits per heavy atom. The van der Waals surface area contributed by atoms with Crippen molar-refractivity contribution in [1.82, 2.24) is 14.7 Å². The molecule has 1 fully saturated rings. The summed E-state index contributed by atoms with van der Waals surface area (Å²) in [5, 5.41) is 0. The highest BCUT2D eigenvalue weighted by molar-refractivity contribution is 5.78. The van der Waals surface area contributed by atoms with Crippen LogP contribution < -0.4 is 0 Å². The van der Waals surface area contributed by atoms with Gasteiger partial charge in [0.15, 0.2) is 0 Å². The van der Waals surface area contributed by atoms with Crippen LogP contribution in [0.3, 0.4) is 0 Å². The van der Waals surface area contributed by atoms with Gasteiger partial charge in [-0.15, -0.1) is 0 Å². The van der Waals surface area contributed by atoms with Gasteiger partial charge in [0.05, 0.1) is 6.54 Å². The summed E-state index contributed by atoms with van der Waals surface area (Å²) in [7, 11) is 0. The first-order chi connectivity index (χ1) is 10.3. The standard InChI is InChI=1S/C17H33N3O2/c1-14(2)11-20(12-15(3)4)17(22)13-18-7-6-8-19(10-9-18)16(5)21/h14-15H,6-13H2,1-5H3. The smallest absolute Gasteiger partial charge is 0.236 e. The van der Waals surface area contributed by atoms with Crippen LogP contribution in [0, 0.1) is 11.8 Å². The molecule has 1 aliphatic heterocycles. The van der Waals surface area contributed by atoms with Crippen molar-refractivity contribution in [2.75, 3.05) is 45.8 Å². The second-order valence-corrected chi connectivity index (χ2v) is 7.22. The van der Waals surface area contributed by atoms with E-state index >= 15 is 0 Å². The Kier molecular flexibility index (Phi) is 7.87. The van der Waals surface area contributed by atoms with Crippen molar-refractivity contribution in [2.45, 2.75) is 41.0 Å². The third-order valence-electron chi connectivity index (χ3n) is 3.92. The summed E-state index contributed by atoms with van der Waals surface area (Å²) in [6.07, 6.45) is 0.946. The molecule has 0 aromatic carbocycles. The molecule has 0 aliphatic carbocycles. The molecule has 0 bridgehead atoms. The summed E-state index contributed by atoms with van der Waals surface area (Å²) in [4.78, 5) is 30.2. The summed E-state index contributed by atoms with van der Waals surface area (Å²) in [5.41, 5.74) is 0. The van der Waals surface area contributed by atoms with Crippen LogP contribution in [0.15, 0.2) is 0 Å². The average Bonchev–Trinajstić information content (AvgIpc) is 2.62. The summed E-state index contributed by atoms with van der Waals surface area (Å²) in [6, 6.07) is 0. The molecule has 0 unspecified atom stereocenters. The van der Waals surface area contributed by atoms with Crippen molar-refractivity contribution < 1.29 is 9.59 Å². The minimum Gasteiger partial charge on any atom is -0.342 e. The Hall–Kier alpha value is -1.10. The molecule has 0 spiro atoms. The van der Waals surface area contributed by atoms with Gasteiger partial charge in [-0.3, -0.25) is 14.5 Å². The lowest BCUT2D eigenvalue weighted by Gasteiger charge is -2.29. The highest BCUT2D eigenvalue weighted by Gasteiger charge is 2.22. The Morgan fingerprint density at radius 1 is 0.955 bits per heavy atom. The molecule has 1 saturated heterocycles. The van der Waals surface area contributed by atoms with Crippen molar-refractivity contribution in [1.29, 1.82) is 0 Å². The number of hydrogen-bond donors (Lipinski definition) is 0. The lowest BCUT2D eigenvalue weighted by molar-refractivity contribution is -0.133. The van der Waals surface area contributed by atoms with Crippen molar-refractivity contribution in [3.8, 4) is 0 Å². The number of carbonyl (C=O) groups is 2. The van der Waals surface area contributed by atoms with Gasteiger partial charge in [0, 0.05) is 46.2 Å². The van der Waals surface area contributed by atoms with Gasteiger partial charge in [0.2, 0.25) is 11.8 Å². The first-order valence-electron chi connectivity index (χ1n) is 8.55. The minimum absolute atomic E-state index is 0.134. The summed E-state index contributed by atoms with van der Waals surface area (Å²) in [6.45, 7) is 15.6. The fourth-order valence-electron chi connectivity index (χ4n) is 2.89. The van der Waals surface area contributed by atoms with Gasteiger partial charge in [-0.1, -0.05) is 27.7 Å². The summed E-state index contributed by atoms with van der Waals surface area (Å²) < 4.78 is 0. The molecule has 22 heavy (non-hydrogen) atoms. The Balaban J connectivity index is 2.55. The summed E-state index contributed by atoms with van der Waals surface area (Å²) in [5.74, 6) is 1.33. The molecule has 2 amide bonds. The van der Waals surface area contributed by atoms with E-state index in [0.29, 0.717) is 18.4 Å². The van der Waals surface area contributed by atoms with E-state index in [9.17, 15) is 9.59 Å². The maximum Gasteiger partial charge on any atom is 0.236 e. The third-order valence-corrected chi connectivity index (χ3v) is 3.92. The van der Waals surface area contributed by atoms with Gasteiger partial charge in [0.25, 0.3) is 0 Å². The second-order valence-electron chi connectivity index (χ2n) is 7.22. The molecule has 0 atom stereocenters. The zero-order valence-corrected chi connectivity index (χ0v) is 15.0. The van der Waals surface area contributed by atoms with Crippen LogP contribution in [0.2, 0.25) is 0 Å². The van der Waals surface area contributed by atoms with Crippen molar-refractivity contribution >= 4 is 11.8 Å². The zero-order valence-electron chi connectivity index (χ0n) is 15.0. The summed E-state index contributed by atoms with van der Waals surface area (Å²) >= 11 is 0. The zero-order chi connectivity index (χ0) is 16.7. The SMILES string of the molecule is CC(=O)N1CCCN(CC(=O)N(CC(C)C)CC(C)C)CC1. The molecule has 0 saturated carbocycles. The van der Waals surface area contributed by atoms with E-state index in [-0.39, 0.29) is 11.8 Å². The van der Waals surface area contributed by atoms with Gasteiger partial charge in [-0.05, 0) is 18.3 Å². The van der Waals surface area contributed by atoms with Gasteiger partial charge >= 0.3 is 0 Å². The van der Waals surface area contributed by atoms with Crippen LogP contribution in [0.4, 0.5) is 0 Å². The maximum absolute atomic E-state index is 12.6. The van der Waals surface area contributed by atoms with Gasteiger partial charge < -0.3 is 9.80 Å². The van der Waals surface area contributed by atoms with Crippen LogP contribution in [-0.2, 0) is 9.59 Å². The molecule has 1 aliphatic rings. The van der Waals surface area contributed by atoms with Gasteiger partial charge in [0.1, 0.15) is 0 Å². The molecule has 0 aromatic rings. The van der Waals surface area contributed by atoms with E-state index in [1.807, 2.05) is 9.80 Å². The molecule has 0 radical (unpaired) electrons. The van der Waals surface area contributed by atoms with Crippen molar-refractivity contribution in [3.05, 3.63) is 0 Å². The van der Waals surface area contributed by atoms with E-state index in [0.717, 1.165) is 45.7 Å². The number of rotatable bonds is 6. The number of carbonyl (C=O) groups excluding carboxylic acids is 2. The topological polar surface area (TPSA) is 43.9 Å². The van der Waals surface area contributed by atoms with E-state index in [2.05, 4.69) is 32.6 Å². The third kappa shape index (κ3) is 6.77. The molecular formula is C17H33N3O2. The molecule has 0 N–H and O–H groups in total. The second kappa shape index (κ2) is 9.13. The lowest BCUT2D eigenvalue weighted by atomic mass is 10.1. The largest absolute Gasteiger partial charge is 0.342 e. The van der Waals surface area contributed by atoms with Crippen LogP contribution in [0.1, 0.15) is 41.0 Å². The fourth-order valence-corrected chi connectivity index (χ4v) is 2.89. The molecule has 128 valence electrons. The maximum atomic E-state index is 12.6. The van der Waals surface area contributed by atoms with E-state index in [1.54, 1.807) is 6.92 Å². The Labute approximate surface area is 135 Å². The predicted molar refractivity (Wildman–Crippen MR) is 89.6 cm³/mol. The first-order valence-corrected chi connectivity index (χ1v) is 8.55. The molecule has 5 nitrogen and oxygen atoms in total. The first kappa shape index (κ1) is 18.9. The van der Waals surface area contributed by atoms with Crippen molar-refractivity contribution in [3.63, 3.8) is 0 Å². The molecule has 1 rings (SSSR count). The number of amides is 2. The van der Waals surface area contributed by atoms with E-state index in [1.165, 1.54) is 0 Å².